The normalized spacial score (nSPS) is 15.2. The second kappa shape index (κ2) is 3.91. The van der Waals surface area contributed by atoms with Crippen LogP contribution in [0.15, 0.2) is 22.6 Å². The van der Waals surface area contributed by atoms with Crippen LogP contribution in [-0.4, -0.2) is 4.98 Å². The first-order valence-electron chi connectivity index (χ1n) is 5.69. The molecule has 0 saturated heterocycles. The predicted octanol–water partition coefficient (Wildman–Crippen LogP) is 3.11. The summed E-state index contributed by atoms with van der Waals surface area (Å²) >= 11 is 0. The van der Waals surface area contributed by atoms with Gasteiger partial charge in [-0.15, -0.1) is 0 Å². The molecule has 1 unspecified atom stereocenters. The van der Waals surface area contributed by atoms with E-state index in [9.17, 15) is 0 Å². The zero-order valence-corrected chi connectivity index (χ0v) is 10.1. The van der Waals surface area contributed by atoms with Crippen molar-refractivity contribution in [2.45, 2.75) is 39.2 Å². The molecule has 0 fully saturated rings. The number of hydrogen-bond donors (Lipinski definition) is 1. The van der Waals surface area contributed by atoms with Crippen molar-refractivity contribution in [3.8, 4) is 0 Å². The van der Waals surface area contributed by atoms with Crippen molar-refractivity contribution in [2.24, 2.45) is 5.73 Å². The lowest BCUT2D eigenvalue weighted by molar-refractivity contribution is 0.342. The van der Waals surface area contributed by atoms with Crippen LogP contribution in [0, 0.1) is 6.92 Å². The Labute approximate surface area is 95.7 Å². The Balaban J connectivity index is 2.46. The Morgan fingerprint density at radius 3 is 2.88 bits per heavy atom. The van der Waals surface area contributed by atoms with Crippen molar-refractivity contribution in [3.63, 3.8) is 0 Å². The Bertz CT molecular complexity index is 500. The number of oxazole rings is 1. The Kier molecular flexibility index (Phi) is 2.72. The molecule has 3 nitrogen and oxygen atoms in total. The minimum absolute atomic E-state index is 0.471. The molecule has 16 heavy (non-hydrogen) atoms. The van der Waals surface area contributed by atoms with Gasteiger partial charge in [0.2, 0.25) is 5.89 Å². The van der Waals surface area contributed by atoms with Crippen molar-refractivity contribution < 1.29 is 4.42 Å². The number of nitrogens with two attached hydrogens (primary N) is 1. The van der Waals surface area contributed by atoms with Gasteiger partial charge in [0.15, 0.2) is 5.58 Å². The first kappa shape index (κ1) is 11.1. The van der Waals surface area contributed by atoms with E-state index in [2.05, 4.69) is 11.9 Å². The summed E-state index contributed by atoms with van der Waals surface area (Å²) in [6.45, 7) is 6.11. The van der Waals surface area contributed by atoms with E-state index in [-0.39, 0.29) is 0 Å². The molecule has 1 aromatic heterocycles. The van der Waals surface area contributed by atoms with Crippen molar-refractivity contribution >= 4 is 11.1 Å². The lowest BCUT2D eigenvalue weighted by Crippen LogP contribution is -2.33. The zero-order valence-electron chi connectivity index (χ0n) is 10.1. The van der Waals surface area contributed by atoms with Gasteiger partial charge >= 0.3 is 0 Å². The standard InChI is InChI=1S/C13H18N2O/c1-4-7-13(3,14)12-15-10-6-5-9(2)8-11(10)16-12/h5-6,8H,4,7,14H2,1-3H3. The van der Waals surface area contributed by atoms with Gasteiger partial charge in [-0.25, -0.2) is 4.98 Å². The van der Waals surface area contributed by atoms with Gasteiger partial charge in [-0.2, -0.15) is 0 Å². The van der Waals surface area contributed by atoms with Crippen LogP contribution in [-0.2, 0) is 5.54 Å². The van der Waals surface area contributed by atoms with E-state index in [0.717, 1.165) is 23.9 Å². The fraction of sp³-hybridized carbons (Fsp3) is 0.462. The molecule has 1 heterocycles. The van der Waals surface area contributed by atoms with E-state index >= 15 is 0 Å². The third-order valence-electron chi connectivity index (χ3n) is 2.80. The van der Waals surface area contributed by atoms with Crippen LogP contribution in [0.5, 0.6) is 0 Å². The van der Waals surface area contributed by atoms with Gasteiger partial charge in [-0.3, -0.25) is 0 Å². The molecule has 3 heteroatoms. The largest absolute Gasteiger partial charge is 0.439 e. The summed E-state index contributed by atoms with van der Waals surface area (Å²) in [5.74, 6) is 0.634. The van der Waals surface area contributed by atoms with Crippen LogP contribution in [0.2, 0.25) is 0 Å². The van der Waals surface area contributed by atoms with Crippen LogP contribution in [0.3, 0.4) is 0 Å². The fourth-order valence-electron chi connectivity index (χ4n) is 1.90. The average Bonchev–Trinajstić information content (AvgIpc) is 2.61. The lowest BCUT2D eigenvalue weighted by Gasteiger charge is -2.19. The molecule has 2 N–H and O–H groups in total. The number of benzene rings is 1. The molecule has 1 atom stereocenters. The van der Waals surface area contributed by atoms with E-state index in [1.807, 2.05) is 32.0 Å². The van der Waals surface area contributed by atoms with Crippen molar-refractivity contribution in [1.82, 2.24) is 4.98 Å². The van der Waals surface area contributed by atoms with Crippen molar-refractivity contribution in [1.29, 1.82) is 0 Å². The van der Waals surface area contributed by atoms with Gasteiger partial charge in [0.1, 0.15) is 5.52 Å². The maximum atomic E-state index is 6.19. The van der Waals surface area contributed by atoms with E-state index in [0.29, 0.717) is 5.89 Å². The Morgan fingerprint density at radius 2 is 2.19 bits per heavy atom. The summed E-state index contributed by atoms with van der Waals surface area (Å²) in [4.78, 5) is 4.45. The van der Waals surface area contributed by atoms with E-state index in [4.69, 9.17) is 10.2 Å². The first-order chi connectivity index (χ1) is 7.53. The maximum absolute atomic E-state index is 6.19. The quantitative estimate of drug-likeness (QED) is 0.861. The molecular formula is C13H18N2O. The van der Waals surface area contributed by atoms with Crippen molar-refractivity contribution in [3.05, 3.63) is 29.7 Å². The first-order valence-corrected chi connectivity index (χ1v) is 5.69. The van der Waals surface area contributed by atoms with Gasteiger partial charge in [0.05, 0.1) is 5.54 Å². The van der Waals surface area contributed by atoms with Gasteiger partial charge in [0, 0.05) is 0 Å². The number of rotatable bonds is 3. The molecular weight excluding hydrogens is 200 g/mol. The van der Waals surface area contributed by atoms with Gasteiger partial charge in [-0.1, -0.05) is 19.4 Å². The molecule has 0 amide bonds. The summed E-state index contributed by atoms with van der Waals surface area (Å²) in [5, 5.41) is 0. The number of nitrogens with zero attached hydrogens (tertiary/aromatic N) is 1. The summed E-state index contributed by atoms with van der Waals surface area (Å²) in [7, 11) is 0. The van der Waals surface area contributed by atoms with Crippen LogP contribution < -0.4 is 5.73 Å². The SMILES string of the molecule is CCCC(C)(N)c1nc2ccc(C)cc2o1. The number of hydrogen-bond acceptors (Lipinski definition) is 3. The molecule has 0 spiro atoms. The fourth-order valence-corrected chi connectivity index (χ4v) is 1.90. The second-order valence-electron chi connectivity index (χ2n) is 4.66. The topological polar surface area (TPSA) is 52.0 Å². The number of aryl methyl sites for hydroxylation is 1. The minimum Gasteiger partial charge on any atom is -0.439 e. The molecule has 0 saturated carbocycles. The lowest BCUT2D eigenvalue weighted by atomic mass is 9.98. The summed E-state index contributed by atoms with van der Waals surface area (Å²) in [5.41, 5.74) is 8.60. The highest BCUT2D eigenvalue weighted by Crippen LogP contribution is 2.26. The van der Waals surface area contributed by atoms with Gasteiger partial charge in [0.25, 0.3) is 0 Å². The highest BCUT2D eigenvalue weighted by Gasteiger charge is 2.26. The zero-order chi connectivity index (χ0) is 11.8. The third kappa shape index (κ3) is 1.95. The molecule has 1 aromatic carbocycles. The molecule has 0 aliphatic heterocycles. The molecule has 0 radical (unpaired) electrons. The molecule has 0 aliphatic carbocycles. The Hall–Kier alpha value is -1.35. The molecule has 0 aliphatic rings. The maximum Gasteiger partial charge on any atom is 0.215 e. The number of fused-ring (bicyclic) bond motifs is 1. The van der Waals surface area contributed by atoms with Gasteiger partial charge < -0.3 is 10.2 Å². The van der Waals surface area contributed by atoms with Crippen LogP contribution in [0.4, 0.5) is 0 Å². The highest BCUT2D eigenvalue weighted by atomic mass is 16.3. The average molecular weight is 218 g/mol. The van der Waals surface area contributed by atoms with Crippen molar-refractivity contribution in [2.75, 3.05) is 0 Å². The van der Waals surface area contributed by atoms with E-state index < -0.39 is 5.54 Å². The number of aromatic nitrogens is 1. The molecule has 0 bridgehead atoms. The van der Waals surface area contributed by atoms with Gasteiger partial charge in [-0.05, 0) is 38.0 Å². The second-order valence-corrected chi connectivity index (χ2v) is 4.66. The van der Waals surface area contributed by atoms with E-state index in [1.165, 1.54) is 5.56 Å². The van der Waals surface area contributed by atoms with Crippen LogP contribution >= 0.6 is 0 Å². The summed E-state index contributed by atoms with van der Waals surface area (Å²) in [6, 6.07) is 6.00. The smallest absolute Gasteiger partial charge is 0.215 e. The van der Waals surface area contributed by atoms with Crippen LogP contribution in [0.25, 0.3) is 11.1 Å². The van der Waals surface area contributed by atoms with E-state index in [1.54, 1.807) is 0 Å². The third-order valence-corrected chi connectivity index (χ3v) is 2.80. The Morgan fingerprint density at radius 1 is 1.44 bits per heavy atom. The molecule has 86 valence electrons. The molecule has 2 aromatic rings. The summed E-state index contributed by atoms with van der Waals surface area (Å²) < 4.78 is 5.73. The van der Waals surface area contributed by atoms with Crippen LogP contribution in [0.1, 0.15) is 38.1 Å². The minimum atomic E-state index is -0.471. The predicted molar refractivity (Wildman–Crippen MR) is 65.2 cm³/mol. The monoisotopic (exact) mass is 218 g/mol. The molecule has 2 rings (SSSR count). The highest BCUT2D eigenvalue weighted by molar-refractivity contribution is 5.73. The summed E-state index contributed by atoms with van der Waals surface area (Å²) in [6.07, 6.45) is 1.89.